The number of aromatic nitrogens is 2. The highest BCUT2D eigenvalue weighted by molar-refractivity contribution is 5.01. The summed E-state index contributed by atoms with van der Waals surface area (Å²) in [6.07, 6.45) is 7.82. The Labute approximate surface area is 103 Å². The lowest BCUT2D eigenvalue weighted by molar-refractivity contribution is 0.281. The Balaban J connectivity index is 2.26. The predicted molar refractivity (Wildman–Crippen MR) is 68.6 cm³/mol. The minimum atomic E-state index is -0.182. The van der Waals surface area contributed by atoms with E-state index in [0.29, 0.717) is 6.61 Å². The zero-order valence-electron chi connectivity index (χ0n) is 10.8. The van der Waals surface area contributed by atoms with Crippen molar-refractivity contribution < 1.29 is 5.11 Å². The quantitative estimate of drug-likeness (QED) is 0.678. The van der Waals surface area contributed by atoms with Crippen LogP contribution in [-0.2, 0) is 5.54 Å². The van der Waals surface area contributed by atoms with Crippen molar-refractivity contribution in [2.24, 2.45) is 0 Å². The highest BCUT2D eigenvalue weighted by Crippen LogP contribution is 2.14. The van der Waals surface area contributed by atoms with Gasteiger partial charge in [0.15, 0.2) is 0 Å². The summed E-state index contributed by atoms with van der Waals surface area (Å²) in [4.78, 5) is 8.54. The Morgan fingerprint density at radius 3 is 2.41 bits per heavy atom. The van der Waals surface area contributed by atoms with Crippen LogP contribution in [0.2, 0.25) is 0 Å². The van der Waals surface area contributed by atoms with Crippen LogP contribution in [0.15, 0.2) is 18.5 Å². The molecule has 0 amide bonds. The fourth-order valence-electron chi connectivity index (χ4n) is 1.69. The topological polar surface area (TPSA) is 58.0 Å². The summed E-state index contributed by atoms with van der Waals surface area (Å²) in [5, 5.41) is 12.1. The van der Waals surface area contributed by atoms with E-state index < -0.39 is 0 Å². The molecule has 4 heteroatoms. The number of nitrogens with one attached hydrogen (secondary N) is 1. The van der Waals surface area contributed by atoms with E-state index in [1.165, 1.54) is 0 Å². The zero-order valence-corrected chi connectivity index (χ0v) is 10.8. The van der Waals surface area contributed by atoms with Crippen molar-refractivity contribution in [3.63, 3.8) is 0 Å². The molecule has 0 saturated heterocycles. The molecule has 1 aromatic heterocycles. The molecule has 0 aromatic carbocycles. The number of hydrogen-bond donors (Lipinski definition) is 2. The summed E-state index contributed by atoms with van der Waals surface area (Å²) in [5.74, 6) is 0.829. The number of aliphatic hydroxyl groups is 1. The second-order valence-corrected chi connectivity index (χ2v) is 4.76. The molecule has 0 radical (unpaired) electrons. The number of rotatable bonds is 8. The van der Waals surface area contributed by atoms with Gasteiger partial charge in [0.2, 0.25) is 0 Å². The lowest BCUT2D eigenvalue weighted by Gasteiger charge is -2.24. The van der Waals surface area contributed by atoms with Crippen LogP contribution in [0.3, 0.4) is 0 Å². The van der Waals surface area contributed by atoms with Crippen LogP contribution in [-0.4, -0.2) is 28.2 Å². The van der Waals surface area contributed by atoms with Gasteiger partial charge in [0.1, 0.15) is 5.82 Å². The van der Waals surface area contributed by atoms with E-state index in [1.54, 1.807) is 12.4 Å². The lowest BCUT2D eigenvalue weighted by Crippen LogP contribution is -2.38. The predicted octanol–water partition coefficient (Wildman–Crippen LogP) is 1.85. The van der Waals surface area contributed by atoms with Crippen molar-refractivity contribution in [1.82, 2.24) is 15.3 Å². The number of nitrogens with zero attached hydrogens (tertiary/aromatic N) is 2. The average Bonchev–Trinajstić information content (AvgIpc) is 2.35. The van der Waals surface area contributed by atoms with Crippen molar-refractivity contribution in [3.05, 3.63) is 24.3 Å². The zero-order chi connectivity index (χ0) is 12.6. The summed E-state index contributed by atoms with van der Waals surface area (Å²) in [6, 6.07) is 1.83. The van der Waals surface area contributed by atoms with Crippen molar-refractivity contribution in [2.45, 2.75) is 45.1 Å². The normalized spacial score (nSPS) is 11.7. The standard InChI is InChI=1S/C13H23N3O/c1-13(2,12-14-8-7-9-15-12)16-10-5-3-4-6-11-17/h7-9,16-17H,3-6,10-11H2,1-2H3. The molecule has 2 N–H and O–H groups in total. The molecule has 0 aliphatic heterocycles. The Bertz CT molecular complexity index is 301. The van der Waals surface area contributed by atoms with Gasteiger partial charge in [-0.2, -0.15) is 0 Å². The summed E-state index contributed by atoms with van der Waals surface area (Å²) >= 11 is 0. The van der Waals surface area contributed by atoms with Gasteiger partial charge in [-0.15, -0.1) is 0 Å². The van der Waals surface area contributed by atoms with Crippen molar-refractivity contribution in [3.8, 4) is 0 Å². The van der Waals surface area contributed by atoms with Gasteiger partial charge in [-0.1, -0.05) is 12.8 Å². The van der Waals surface area contributed by atoms with E-state index in [0.717, 1.165) is 38.1 Å². The second-order valence-electron chi connectivity index (χ2n) is 4.76. The monoisotopic (exact) mass is 237 g/mol. The third-order valence-corrected chi connectivity index (χ3v) is 2.78. The Hall–Kier alpha value is -1.00. The Morgan fingerprint density at radius 1 is 1.12 bits per heavy atom. The highest BCUT2D eigenvalue weighted by atomic mass is 16.2. The lowest BCUT2D eigenvalue weighted by atomic mass is 10.0. The molecule has 1 heterocycles. The minimum Gasteiger partial charge on any atom is -0.396 e. The first-order valence-corrected chi connectivity index (χ1v) is 6.30. The van der Waals surface area contributed by atoms with E-state index in [-0.39, 0.29) is 5.54 Å². The van der Waals surface area contributed by atoms with Gasteiger partial charge >= 0.3 is 0 Å². The van der Waals surface area contributed by atoms with Crippen LogP contribution in [0.4, 0.5) is 0 Å². The third kappa shape index (κ3) is 5.24. The summed E-state index contributed by atoms with van der Waals surface area (Å²) < 4.78 is 0. The van der Waals surface area contributed by atoms with Crippen LogP contribution in [0.1, 0.15) is 45.4 Å². The van der Waals surface area contributed by atoms with Gasteiger partial charge in [0.05, 0.1) is 5.54 Å². The summed E-state index contributed by atoms with van der Waals surface area (Å²) in [7, 11) is 0. The van der Waals surface area contributed by atoms with Crippen LogP contribution in [0, 0.1) is 0 Å². The van der Waals surface area contributed by atoms with E-state index in [4.69, 9.17) is 5.11 Å². The maximum absolute atomic E-state index is 8.67. The molecule has 1 aromatic rings. The molecular formula is C13H23N3O. The van der Waals surface area contributed by atoms with Gasteiger partial charge in [0.25, 0.3) is 0 Å². The van der Waals surface area contributed by atoms with Crippen molar-refractivity contribution in [2.75, 3.05) is 13.2 Å². The van der Waals surface area contributed by atoms with E-state index in [1.807, 2.05) is 6.07 Å². The van der Waals surface area contributed by atoms with E-state index in [9.17, 15) is 0 Å². The maximum Gasteiger partial charge on any atom is 0.147 e. The first-order valence-electron chi connectivity index (χ1n) is 6.30. The fourth-order valence-corrected chi connectivity index (χ4v) is 1.69. The Morgan fingerprint density at radius 2 is 1.76 bits per heavy atom. The molecule has 96 valence electrons. The van der Waals surface area contributed by atoms with Crippen LogP contribution < -0.4 is 5.32 Å². The fraction of sp³-hybridized carbons (Fsp3) is 0.692. The molecule has 0 saturated carbocycles. The van der Waals surface area contributed by atoms with Crippen LogP contribution in [0.25, 0.3) is 0 Å². The molecule has 0 aliphatic rings. The smallest absolute Gasteiger partial charge is 0.147 e. The third-order valence-electron chi connectivity index (χ3n) is 2.78. The van der Waals surface area contributed by atoms with Gasteiger partial charge < -0.3 is 10.4 Å². The molecule has 4 nitrogen and oxygen atoms in total. The van der Waals surface area contributed by atoms with Gasteiger partial charge in [0, 0.05) is 19.0 Å². The molecule has 1 rings (SSSR count). The average molecular weight is 237 g/mol. The number of unbranched alkanes of at least 4 members (excludes halogenated alkanes) is 3. The number of hydrogen-bond acceptors (Lipinski definition) is 4. The van der Waals surface area contributed by atoms with E-state index in [2.05, 4.69) is 29.1 Å². The molecule has 17 heavy (non-hydrogen) atoms. The summed E-state index contributed by atoms with van der Waals surface area (Å²) in [6.45, 7) is 5.44. The number of aliphatic hydroxyl groups excluding tert-OH is 1. The second kappa shape index (κ2) is 7.35. The first-order chi connectivity index (χ1) is 8.17. The highest BCUT2D eigenvalue weighted by Gasteiger charge is 2.21. The van der Waals surface area contributed by atoms with Crippen LogP contribution >= 0.6 is 0 Å². The molecule has 0 atom stereocenters. The largest absolute Gasteiger partial charge is 0.396 e. The maximum atomic E-state index is 8.67. The molecular weight excluding hydrogens is 214 g/mol. The van der Waals surface area contributed by atoms with Gasteiger partial charge in [-0.25, -0.2) is 9.97 Å². The molecule has 0 spiro atoms. The molecule has 0 bridgehead atoms. The first kappa shape index (κ1) is 14.1. The molecule has 0 fully saturated rings. The summed E-state index contributed by atoms with van der Waals surface area (Å²) in [5.41, 5.74) is -0.182. The van der Waals surface area contributed by atoms with Crippen molar-refractivity contribution >= 4 is 0 Å². The minimum absolute atomic E-state index is 0.182. The SMILES string of the molecule is CC(C)(NCCCCCCO)c1ncccn1. The van der Waals surface area contributed by atoms with Crippen LogP contribution in [0.5, 0.6) is 0 Å². The van der Waals surface area contributed by atoms with E-state index >= 15 is 0 Å². The molecule has 0 unspecified atom stereocenters. The molecule has 0 aliphatic carbocycles. The van der Waals surface area contributed by atoms with Gasteiger partial charge in [-0.05, 0) is 39.3 Å². The van der Waals surface area contributed by atoms with Crippen molar-refractivity contribution in [1.29, 1.82) is 0 Å². The Kier molecular flexibility index (Phi) is 6.08. The van der Waals surface area contributed by atoms with Gasteiger partial charge in [-0.3, -0.25) is 0 Å².